The molecule has 0 spiro atoms. The molecule has 0 aliphatic rings. The molecular weight excluding hydrogens is 473 g/mol. The normalized spacial score (nSPS) is 11.8. The van der Waals surface area contributed by atoms with Crippen molar-refractivity contribution in [1.82, 2.24) is 10.3 Å². The number of H-pyrrole nitrogens is 1. The van der Waals surface area contributed by atoms with E-state index in [0.717, 1.165) is 28.6 Å². The standard InChI is InChI=1S/C29H30FN3O4/c1-3-11-37-28-10-7-20(19-5-4-6-23(12-19)32-18(2)35)14-26(28)29(36)33-24(17-34)13-21-16-31-27-9-8-22(30)15-25(21)27/h4-10,12,14-16,24,31,34H,3,11,13,17H2,1-2H3,(H,32,35)(H,33,36). The lowest BCUT2D eigenvalue weighted by molar-refractivity contribution is -0.114. The predicted octanol–water partition coefficient (Wildman–Crippen LogP) is 5.05. The summed E-state index contributed by atoms with van der Waals surface area (Å²) in [5.74, 6) is -0.480. The van der Waals surface area contributed by atoms with Crippen molar-refractivity contribution in [3.05, 3.63) is 83.8 Å². The van der Waals surface area contributed by atoms with E-state index in [1.165, 1.54) is 19.1 Å². The fourth-order valence-electron chi connectivity index (χ4n) is 4.21. The van der Waals surface area contributed by atoms with Crippen LogP contribution in [0.2, 0.25) is 0 Å². The van der Waals surface area contributed by atoms with E-state index < -0.39 is 11.9 Å². The number of aliphatic hydroxyl groups is 1. The summed E-state index contributed by atoms with van der Waals surface area (Å²) in [7, 11) is 0. The van der Waals surface area contributed by atoms with E-state index in [9.17, 15) is 19.1 Å². The molecule has 7 nitrogen and oxygen atoms in total. The van der Waals surface area contributed by atoms with Crippen molar-refractivity contribution in [2.45, 2.75) is 32.7 Å². The van der Waals surface area contributed by atoms with E-state index in [1.54, 1.807) is 30.5 Å². The minimum atomic E-state index is -0.597. The van der Waals surface area contributed by atoms with Crippen LogP contribution in [0.3, 0.4) is 0 Å². The molecule has 0 bridgehead atoms. The number of anilines is 1. The number of aromatic nitrogens is 1. The third kappa shape index (κ3) is 6.34. The number of amides is 2. The molecule has 0 radical (unpaired) electrons. The number of rotatable bonds is 10. The van der Waals surface area contributed by atoms with E-state index in [-0.39, 0.29) is 18.3 Å². The molecule has 0 aliphatic carbocycles. The summed E-state index contributed by atoms with van der Waals surface area (Å²) in [4.78, 5) is 28.0. The zero-order valence-electron chi connectivity index (χ0n) is 20.8. The molecular formula is C29H30FN3O4. The van der Waals surface area contributed by atoms with Crippen molar-refractivity contribution < 1.29 is 23.8 Å². The Balaban J connectivity index is 1.60. The summed E-state index contributed by atoms with van der Waals surface area (Å²) in [6.45, 7) is 3.58. The summed E-state index contributed by atoms with van der Waals surface area (Å²) in [6.07, 6.45) is 2.85. The largest absolute Gasteiger partial charge is 0.493 e. The zero-order chi connectivity index (χ0) is 26.4. The molecule has 0 saturated carbocycles. The summed E-state index contributed by atoms with van der Waals surface area (Å²) in [5.41, 5.74) is 4.15. The summed E-state index contributed by atoms with van der Waals surface area (Å²) < 4.78 is 19.6. The van der Waals surface area contributed by atoms with Gasteiger partial charge in [0.2, 0.25) is 5.91 Å². The number of nitrogens with one attached hydrogen (secondary N) is 3. The summed E-state index contributed by atoms with van der Waals surface area (Å²) in [5, 5.41) is 16.4. The van der Waals surface area contributed by atoms with Crippen LogP contribution < -0.4 is 15.4 Å². The minimum absolute atomic E-state index is 0.173. The number of ether oxygens (including phenoxy) is 1. The van der Waals surface area contributed by atoms with Crippen molar-refractivity contribution in [2.24, 2.45) is 0 Å². The van der Waals surface area contributed by atoms with Crippen LogP contribution in [0.5, 0.6) is 5.75 Å². The Kier molecular flexibility index (Phi) is 8.20. The molecule has 0 aliphatic heterocycles. The van der Waals surface area contributed by atoms with Crippen LogP contribution in [0.4, 0.5) is 10.1 Å². The van der Waals surface area contributed by atoms with Gasteiger partial charge in [0.25, 0.3) is 5.91 Å². The molecule has 4 N–H and O–H groups in total. The first-order valence-electron chi connectivity index (χ1n) is 12.2. The lowest BCUT2D eigenvalue weighted by atomic mass is 10.0. The van der Waals surface area contributed by atoms with E-state index in [2.05, 4.69) is 15.6 Å². The molecule has 1 unspecified atom stereocenters. The molecule has 0 fully saturated rings. The van der Waals surface area contributed by atoms with Gasteiger partial charge in [0.15, 0.2) is 0 Å². The van der Waals surface area contributed by atoms with E-state index in [4.69, 9.17) is 4.74 Å². The number of fused-ring (bicyclic) bond motifs is 1. The minimum Gasteiger partial charge on any atom is -0.493 e. The van der Waals surface area contributed by atoms with Crippen LogP contribution in [-0.4, -0.2) is 41.2 Å². The van der Waals surface area contributed by atoms with Crippen LogP contribution in [0.25, 0.3) is 22.0 Å². The van der Waals surface area contributed by atoms with Gasteiger partial charge in [-0.3, -0.25) is 9.59 Å². The van der Waals surface area contributed by atoms with E-state index in [1.807, 2.05) is 31.2 Å². The molecule has 1 heterocycles. The third-order valence-corrected chi connectivity index (χ3v) is 5.95. The lowest BCUT2D eigenvalue weighted by Gasteiger charge is -2.18. The van der Waals surface area contributed by atoms with Gasteiger partial charge in [-0.05, 0) is 72.0 Å². The Bertz CT molecular complexity index is 1420. The van der Waals surface area contributed by atoms with Gasteiger partial charge in [-0.25, -0.2) is 4.39 Å². The van der Waals surface area contributed by atoms with Crippen molar-refractivity contribution in [3.8, 4) is 16.9 Å². The quantitative estimate of drug-likeness (QED) is 0.243. The first kappa shape index (κ1) is 25.9. The predicted molar refractivity (Wildman–Crippen MR) is 142 cm³/mol. The number of carbonyl (C=O) groups excluding carboxylic acids is 2. The van der Waals surface area contributed by atoms with Gasteiger partial charge >= 0.3 is 0 Å². The molecule has 37 heavy (non-hydrogen) atoms. The second kappa shape index (κ2) is 11.7. The van der Waals surface area contributed by atoms with Crippen LogP contribution >= 0.6 is 0 Å². The molecule has 4 aromatic rings. The Hall–Kier alpha value is -4.17. The Morgan fingerprint density at radius 2 is 1.89 bits per heavy atom. The number of carbonyl (C=O) groups is 2. The zero-order valence-corrected chi connectivity index (χ0v) is 20.8. The maximum Gasteiger partial charge on any atom is 0.255 e. The molecule has 192 valence electrons. The SMILES string of the molecule is CCCOc1ccc(-c2cccc(NC(C)=O)c2)cc1C(=O)NC(CO)Cc1c[nH]c2ccc(F)cc12. The number of halogens is 1. The Labute approximate surface area is 214 Å². The van der Waals surface area contributed by atoms with Gasteiger partial charge < -0.3 is 25.5 Å². The van der Waals surface area contributed by atoms with Gasteiger partial charge in [0.1, 0.15) is 11.6 Å². The average Bonchev–Trinajstić information content (AvgIpc) is 3.28. The van der Waals surface area contributed by atoms with Crippen LogP contribution in [0, 0.1) is 5.82 Å². The average molecular weight is 504 g/mol. The maximum atomic E-state index is 13.8. The first-order chi connectivity index (χ1) is 17.9. The highest BCUT2D eigenvalue weighted by atomic mass is 19.1. The van der Waals surface area contributed by atoms with Crippen molar-refractivity contribution in [3.63, 3.8) is 0 Å². The second-order valence-corrected chi connectivity index (χ2v) is 8.88. The van der Waals surface area contributed by atoms with E-state index in [0.29, 0.717) is 35.4 Å². The molecule has 2 amide bonds. The van der Waals surface area contributed by atoms with Gasteiger partial charge in [-0.15, -0.1) is 0 Å². The molecule has 8 heteroatoms. The highest BCUT2D eigenvalue weighted by Gasteiger charge is 2.20. The third-order valence-electron chi connectivity index (χ3n) is 5.95. The molecule has 1 atom stereocenters. The fourth-order valence-corrected chi connectivity index (χ4v) is 4.21. The van der Waals surface area contributed by atoms with Crippen molar-refractivity contribution in [1.29, 1.82) is 0 Å². The van der Waals surface area contributed by atoms with Crippen LogP contribution in [0.15, 0.2) is 66.9 Å². The second-order valence-electron chi connectivity index (χ2n) is 8.88. The van der Waals surface area contributed by atoms with Crippen LogP contribution in [-0.2, 0) is 11.2 Å². The molecule has 4 rings (SSSR count). The first-order valence-corrected chi connectivity index (χ1v) is 12.2. The van der Waals surface area contributed by atoms with Crippen LogP contribution in [0.1, 0.15) is 36.2 Å². The highest BCUT2D eigenvalue weighted by molar-refractivity contribution is 5.98. The summed E-state index contributed by atoms with van der Waals surface area (Å²) >= 11 is 0. The molecule has 1 aromatic heterocycles. The van der Waals surface area contributed by atoms with Crippen molar-refractivity contribution in [2.75, 3.05) is 18.5 Å². The smallest absolute Gasteiger partial charge is 0.255 e. The summed E-state index contributed by atoms with van der Waals surface area (Å²) in [6, 6.07) is 16.6. The topological polar surface area (TPSA) is 103 Å². The Morgan fingerprint density at radius 3 is 2.65 bits per heavy atom. The van der Waals surface area contributed by atoms with Gasteiger partial charge in [-0.2, -0.15) is 0 Å². The maximum absolute atomic E-state index is 13.8. The molecule has 0 saturated heterocycles. The van der Waals surface area contributed by atoms with Gasteiger partial charge in [-0.1, -0.05) is 25.1 Å². The fraction of sp³-hybridized carbons (Fsp3) is 0.241. The van der Waals surface area contributed by atoms with Crippen molar-refractivity contribution >= 4 is 28.4 Å². The number of benzene rings is 3. The van der Waals surface area contributed by atoms with Gasteiger partial charge in [0, 0.05) is 29.7 Å². The molecule has 3 aromatic carbocycles. The highest BCUT2D eigenvalue weighted by Crippen LogP contribution is 2.29. The number of aliphatic hydroxyl groups excluding tert-OH is 1. The lowest BCUT2D eigenvalue weighted by Crippen LogP contribution is -2.39. The number of hydrogen-bond acceptors (Lipinski definition) is 4. The van der Waals surface area contributed by atoms with E-state index >= 15 is 0 Å². The number of aromatic amines is 1. The Morgan fingerprint density at radius 1 is 1.08 bits per heavy atom. The monoisotopic (exact) mass is 503 g/mol. The number of hydrogen-bond donors (Lipinski definition) is 4. The van der Waals surface area contributed by atoms with Gasteiger partial charge in [0.05, 0.1) is 24.8 Å².